The van der Waals surface area contributed by atoms with Crippen LogP contribution in [0.4, 0.5) is 0 Å². The lowest BCUT2D eigenvalue weighted by atomic mass is 10.0. The summed E-state index contributed by atoms with van der Waals surface area (Å²) in [6.45, 7) is 10.7. The molecular formula is C20H30O. The van der Waals surface area contributed by atoms with Crippen molar-refractivity contribution in [1.29, 1.82) is 0 Å². The Labute approximate surface area is 130 Å². The Bertz CT molecular complexity index is 474. The molecule has 0 radical (unpaired) electrons. The highest BCUT2D eigenvalue weighted by Gasteiger charge is 2.00. The fourth-order valence-corrected chi connectivity index (χ4v) is 1.95. The zero-order valence-electron chi connectivity index (χ0n) is 14.2. The van der Waals surface area contributed by atoms with Crippen LogP contribution in [0.25, 0.3) is 0 Å². The number of aliphatic hydroxyl groups excluding tert-OH is 1. The Morgan fingerprint density at radius 1 is 0.810 bits per heavy atom. The van der Waals surface area contributed by atoms with Crippen LogP contribution in [-0.2, 0) is 13.0 Å². The Hall–Kier alpha value is -1.60. The molecule has 0 unspecified atom stereocenters. The van der Waals surface area contributed by atoms with Crippen LogP contribution in [0.3, 0.4) is 0 Å². The van der Waals surface area contributed by atoms with Crippen molar-refractivity contribution in [1.82, 2.24) is 0 Å². The SMILES string of the molecule is CCC.CCc1c(C)cccc1CO.Cc1ccccc1. The second-order valence-electron chi connectivity index (χ2n) is 5.09. The van der Waals surface area contributed by atoms with Gasteiger partial charge in [-0.15, -0.1) is 0 Å². The fraction of sp³-hybridized carbons (Fsp3) is 0.400. The maximum absolute atomic E-state index is 8.97. The van der Waals surface area contributed by atoms with Gasteiger partial charge in [0.15, 0.2) is 0 Å². The molecular weight excluding hydrogens is 256 g/mol. The summed E-state index contributed by atoms with van der Waals surface area (Å²) in [5, 5.41) is 8.97. The summed E-state index contributed by atoms with van der Waals surface area (Å²) < 4.78 is 0. The molecule has 2 rings (SSSR count). The van der Waals surface area contributed by atoms with E-state index in [1.807, 2.05) is 30.3 Å². The van der Waals surface area contributed by atoms with E-state index < -0.39 is 0 Å². The van der Waals surface area contributed by atoms with Crippen LogP contribution in [0.15, 0.2) is 48.5 Å². The normalized spacial score (nSPS) is 9.05. The van der Waals surface area contributed by atoms with Gasteiger partial charge in [-0.3, -0.25) is 0 Å². The smallest absolute Gasteiger partial charge is 0.0684 e. The Morgan fingerprint density at radius 3 is 1.71 bits per heavy atom. The molecule has 0 bridgehead atoms. The summed E-state index contributed by atoms with van der Waals surface area (Å²) in [6, 6.07) is 16.3. The van der Waals surface area contributed by atoms with Crippen LogP contribution in [0.5, 0.6) is 0 Å². The summed E-state index contributed by atoms with van der Waals surface area (Å²) in [4.78, 5) is 0. The lowest BCUT2D eigenvalue weighted by Gasteiger charge is -2.07. The van der Waals surface area contributed by atoms with Crippen LogP contribution in [-0.4, -0.2) is 5.11 Å². The predicted molar refractivity (Wildman–Crippen MR) is 93.6 cm³/mol. The molecule has 0 saturated carbocycles. The maximum Gasteiger partial charge on any atom is 0.0684 e. The van der Waals surface area contributed by atoms with Crippen molar-refractivity contribution in [2.75, 3.05) is 0 Å². The van der Waals surface area contributed by atoms with Crippen molar-refractivity contribution in [3.63, 3.8) is 0 Å². The highest BCUT2D eigenvalue weighted by molar-refractivity contribution is 5.33. The van der Waals surface area contributed by atoms with E-state index in [4.69, 9.17) is 5.11 Å². The van der Waals surface area contributed by atoms with Gasteiger partial charge in [0.25, 0.3) is 0 Å². The molecule has 2 aromatic rings. The predicted octanol–water partition coefficient (Wildman–Crippen LogP) is 5.46. The maximum atomic E-state index is 8.97. The van der Waals surface area contributed by atoms with E-state index in [2.05, 4.69) is 52.8 Å². The minimum absolute atomic E-state index is 0.158. The average molecular weight is 286 g/mol. The van der Waals surface area contributed by atoms with E-state index in [9.17, 15) is 0 Å². The van der Waals surface area contributed by atoms with Gasteiger partial charge in [0, 0.05) is 0 Å². The van der Waals surface area contributed by atoms with Gasteiger partial charge in [-0.1, -0.05) is 81.3 Å². The summed E-state index contributed by atoms with van der Waals surface area (Å²) in [5.74, 6) is 0. The Balaban J connectivity index is 0.000000342. The quantitative estimate of drug-likeness (QED) is 0.777. The van der Waals surface area contributed by atoms with Crippen LogP contribution < -0.4 is 0 Å². The number of benzene rings is 2. The third-order valence-corrected chi connectivity index (χ3v) is 2.97. The monoisotopic (exact) mass is 286 g/mol. The van der Waals surface area contributed by atoms with Crippen LogP contribution in [0.2, 0.25) is 0 Å². The van der Waals surface area contributed by atoms with E-state index in [-0.39, 0.29) is 6.61 Å². The minimum atomic E-state index is 0.158. The lowest BCUT2D eigenvalue weighted by molar-refractivity contribution is 0.280. The molecule has 0 heterocycles. The first kappa shape index (κ1) is 19.4. The lowest BCUT2D eigenvalue weighted by Crippen LogP contribution is -1.94. The molecule has 0 atom stereocenters. The Kier molecular flexibility index (Phi) is 11.2. The first-order valence-corrected chi connectivity index (χ1v) is 7.80. The first-order chi connectivity index (χ1) is 10.1. The number of aliphatic hydroxyl groups is 1. The molecule has 0 saturated heterocycles. The van der Waals surface area contributed by atoms with E-state index in [1.54, 1.807) is 0 Å². The van der Waals surface area contributed by atoms with E-state index >= 15 is 0 Å². The third kappa shape index (κ3) is 8.31. The molecule has 1 nitrogen and oxygen atoms in total. The van der Waals surface area contributed by atoms with Crippen LogP contribution in [0.1, 0.15) is 49.4 Å². The van der Waals surface area contributed by atoms with E-state index in [0.29, 0.717) is 0 Å². The van der Waals surface area contributed by atoms with Gasteiger partial charge in [-0.25, -0.2) is 0 Å². The zero-order valence-corrected chi connectivity index (χ0v) is 14.2. The zero-order chi connectivity index (χ0) is 16.1. The summed E-state index contributed by atoms with van der Waals surface area (Å²) in [6.07, 6.45) is 2.25. The molecule has 0 amide bonds. The number of rotatable bonds is 2. The van der Waals surface area contributed by atoms with E-state index in [0.717, 1.165) is 12.0 Å². The number of aryl methyl sites for hydroxylation is 2. The molecule has 0 aliphatic carbocycles. The van der Waals surface area contributed by atoms with Gasteiger partial charge in [0.2, 0.25) is 0 Å². The van der Waals surface area contributed by atoms with Crippen molar-refractivity contribution in [2.24, 2.45) is 0 Å². The molecule has 1 heteroatoms. The minimum Gasteiger partial charge on any atom is -0.392 e. The largest absolute Gasteiger partial charge is 0.392 e. The molecule has 0 fully saturated rings. The molecule has 116 valence electrons. The second kappa shape index (κ2) is 12.2. The molecule has 0 aromatic heterocycles. The van der Waals surface area contributed by atoms with Crippen molar-refractivity contribution in [3.8, 4) is 0 Å². The number of hydrogen-bond acceptors (Lipinski definition) is 1. The highest BCUT2D eigenvalue weighted by atomic mass is 16.3. The van der Waals surface area contributed by atoms with Gasteiger partial charge in [0.05, 0.1) is 6.61 Å². The van der Waals surface area contributed by atoms with Gasteiger partial charge < -0.3 is 5.11 Å². The second-order valence-corrected chi connectivity index (χ2v) is 5.09. The molecule has 1 N–H and O–H groups in total. The summed E-state index contributed by atoms with van der Waals surface area (Å²) >= 11 is 0. The van der Waals surface area contributed by atoms with Crippen LogP contribution in [0, 0.1) is 13.8 Å². The van der Waals surface area contributed by atoms with E-state index in [1.165, 1.54) is 23.1 Å². The van der Waals surface area contributed by atoms with Crippen molar-refractivity contribution in [2.45, 2.75) is 54.1 Å². The van der Waals surface area contributed by atoms with Gasteiger partial charge in [-0.2, -0.15) is 0 Å². The molecule has 0 aliphatic heterocycles. The topological polar surface area (TPSA) is 20.2 Å². The van der Waals surface area contributed by atoms with Gasteiger partial charge in [-0.05, 0) is 37.0 Å². The van der Waals surface area contributed by atoms with Crippen molar-refractivity contribution < 1.29 is 5.11 Å². The van der Waals surface area contributed by atoms with Crippen molar-refractivity contribution >= 4 is 0 Å². The molecule has 0 spiro atoms. The van der Waals surface area contributed by atoms with Crippen LogP contribution >= 0.6 is 0 Å². The molecule has 0 aliphatic rings. The summed E-state index contributed by atoms with van der Waals surface area (Å²) in [5.41, 5.74) is 4.95. The van der Waals surface area contributed by atoms with Gasteiger partial charge >= 0.3 is 0 Å². The molecule has 2 aromatic carbocycles. The average Bonchev–Trinajstić information content (AvgIpc) is 2.49. The third-order valence-electron chi connectivity index (χ3n) is 2.97. The molecule has 21 heavy (non-hydrogen) atoms. The highest BCUT2D eigenvalue weighted by Crippen LogP contribution is 2.14. The summed E-state index contributed by atoms with van der Waals surface area (Å²) in [7, 11) is 0. The fourth-order valence-electron chi connectivity index (χ4n) is 1.95. The van der Waals surface area contributed by atoms with Gasteiger partial charge in [0.1, 0.15) is 0 Å². The Morgan fingerprint density at radius 2 is 1.38 bits per heavy atom. The standard InChI is InChI=1S/C10H14O.C7H8.C3H8/c1-3-10-8(2)5-4-6-9(10)7-11;1-7-5-3-2-4-6-7;1-3-2/h4-6,11H,3,7H2,1-2H3;2-6H,1H3;3H2,1-2H3. The number of hydrogen-bond donors (Lipinski definition) is 1. The van der Waals surface area contributed by atoms with Crippen molar-refractivity contribution in [3.05, 3.63) is 70.8 Å². The first-order valence-electron chi connectivity index (χ1n) is 7.80.